The van der Waals surface area contributed by atoms with Crippen LogP contribution in [-0.2, 0) is 4.79 Å². The van der Waals surface area contributed by atoms with Gasteiger partial charge in [-0.3, -0.25) is 14.5 Å². The molecular formula is C20H22N4O2S. The second-order valence-corrected chi connectivity index (χ2v) is 7.92. The number of anilines is 2. The zero-order valence-corrected chi connectivity index (χ0v) is 16.1. The third kappa shape index (κ3) is 3.84. The minimum atomic E-state index is -0.101. The highest BCUT2D eigenvalue weighted by Gasteiger charge is 2.26. The Balaban J connectivity index is 1.53. The first-order valence-electron chi connectivity index (χ1n) is 9.19. The Kier molecular flexibility index (Phi) is 5.13. The molecule has 1 aromatic heterocycles. The molecule has 6 nitrogen and oxygen atoms in total. The quantitative estimate of drug-likeness (QED) is 0.883. The molecule has 2 aliphatic heterocycles. The summed E-state index contributed by atoms with van der Waals surface area (Å²) in [6.45, 7) is 2.35. The third-order valence-corrected chi connectivity index (χ3v) is 6.02. The highest BCUT2D eigenvalue weighted by atomic mass is 32.2. The van der Waals surface area contributed by atoms with Crippen molar-refractivity contribution in [3.05, 3.63) is 42.1 Å². The van der Waals surface area contributed by atoms with Crippen LogP contribution in [-0.4, -0.2) is 48.4 Å². The van der Waals surface area contributed by atoms with Gasteiger partial charge in [-0.1, -0.05) is 18.2 Å². The van der Waals surface area contributed by atoms with Crippen LogP contribution in [0, 0.1) is 0 Å². The van der Waals surface area contributed by atoms with Gasteiger partial charge < -0.3 is 10.2 Å². The fraction of sp³-hybridized carbons (Fsp3) is 0.350. The standard InChI is InChI=1S/C20H22N4O2S/c1-23-16-6-5-9-21-19(16)27-17-8-7-14(12-15(17)20(23)26)22-18(25)13-24-10-3-2-4-11-24/h5-9,12H,2-4,10-11,13H2,1H3,(H,22,25). The molecule has 7 heteroatoms. The number of piperidine rings is 1. The van der Waals surface area contributed by atoms with Crippen molar-refractivity contribution in [2.75, 3.05) is 36.9 Å². The molecule has 1 saturated heterocycles. The summed E-state index contributed by atoms with van der Waals surface area (Å²) >= 11 is 1.47. The van der Waals surface area contributed by atoms with E-state index in [9.17, 15) is 9.59 Å². The molecular weight excluding hydrogens is 360 g/mol. The first-order chi connectivity index (χ1) is 13.1. The number of rotatable bonds is 3. The minimum Gasteiger partial charge on any atom is -0.325 e. The molecule has 0 spiro atoms. The maximum absolute atomic E-state index is 12.9. The number of nitrogens with one attached hydrogen (secondary N) is 1. The lowest BCUT2D eigenvalue weighted by molar-refractivity contribution is -0.117. The van der Waals surface area contributed by atoms with E-state index < -0.39 is 0 Å². The minimum absolute atomic E-state index is 0.0381. The number of pyridine rings is 1. The van der Waals surface area contributed by atoms with E-state index in [0.717, 1.165) is 41.5 Å². The number of benzene rings is 1. The van der Waals surface area contributed by atoms with Crippen molar-refractivity contribution >= 4 is 35.0 Å². The van der Waals surface area contributed by atoms with Crippen LogP contribution < -0.4 is 10.2 Å². The maximum Gasteiger partial charge on any atom is 0.259 e. The van der Waals surface area contributed by atoms with Crippen LogP contribution in [0.2, 0.25) is 0 Å². The Morgan fingerprint density at radius 3 is 2.85 bits per heavy atom. The van der Waals surface area contributed by atoms with Gasteiger partial charge >= 0.3 is 0 Å². The topological polar surface area (TPSA) is 65.5 Å². The molecule has 0 unspecified atom stereocenters. The predicted octanol–water partition coefficient (Wildman–Crippen LogP) is 3.25. The molecule has 2 aliphatic rings. The van der Waals surface area contributed by atoms with Gasteiger partial charge in [0, 0.05) is 23.8 Å². The van der Waals surface area contributed by atoms with Gasteiger partial charge in [0.25, 0.3) is 5.91 Å². The monoisotopic (exact) mass is 382 g/mol. The lowest BCUT2D eigenvalue weighted by Gasteiger charge is -2.25. The smallest absolute Gasteiger partial charge is 0.259 e. The lowest BCUT2D eigenvalue weighted by Crippen LogP contribution is -2.36. The number of aromatic nitrogens is 1. The van der Waals surface area contributed by atoms with Crippen molar-refractivity contribution in [3.8, 4) is 0 Å². The van der Waals surface area contributed by atoms with E-state index in [1.807, 2.05) is 24.3 Å². The molecule has 0 radical (unpaired) electrons. The van der Waals surface area contributed by atoms with E-state index in [4.69, 9.17) is 0 Å². The molecule has 0 bridgehead atoms. The molecule has 27 heavy (non-hydrogen) atoms. The Hall–Kier alpha value is -2.38. The van der Waals surface area contributed by atoms with Crippen molar-refractivity contribution in [1.29, 1.82) is 0 Å². The van der Waals surface area contributed by atoms with Crippen LogP contribution >= 0.6 is 11.8 Å². The van der Waals surface area contributed by atoms with E-state index in [0.29, 0.717) is 17.8 Å². The number of carbonyl (C=O) groups excluding carboxylic acids is 2. The first kappa shape index (κ1) is 18.0. The Labute approximate surface area is 162 Å². The zero-order chi connectivity index (χ0) is 18.8. The van der Waals surface area contributed by atoms with Gasteiger partial charge in [-0.2, -0.15) is 0 Å². The molecule has 1 N–H and O–H groups in total. The van der Waals surface area contributed by atoms with E-state index >= 15 is 0 Å². The van der Waals surface area contributed by atoms with Crippen molar-refractivity contribution in [3.63, 3.8) is 0 Å². The van der Waals surface area contributed by atoms with E-state index in [1.165, 1.54) is 18.2 Å². The van der Waals surface area contributed by atoms with Crippen molar-refractivity contribution < 1.29 is 9.59 Å². The zero-order valence-electron chi connectivity index (χ0n) is 15.3. The Morgan fingerprint density at radius 2 is 2.04 bits per heavy atom. The fourth-order valence-corrected chi connectivity index (χ4v) is 4.52. The normalized spacial score (nSPS) is 17.1. The first-order valence-corrected chi connectivity index (χ1v) is 10.0. The number of nitrogens with zero attached hydrogens (tertiary/aromatic N) is 3. The van der Waals surface area contributed by atoms with Crippen molar-refractivity contribution in [2.24, 2.45) is 0 Å². The van der Waals surface area contributed by atoms with Crippen LogP contribution in [0.15, 0.2) is 46.5 Å². The summed E-state index contributed by atoms with van der Waals surface area (Å²) < 4.78 is 0. The van der Waals surface area contributed by atoms with Crippen LogP contribution in [0.3, 0.4) is 0 Å². The molecule has 3 heterocycles. The molecule has 0 saturated carbocycles. The number of amides is 2. The molecule has 4 rings (SSSR count). The molecule has 0 aliphatic carbocycles. The molecule has 1 fully saturated rings. The van der Waals surface area contributed by atoms with E-state index in [1.54, 1.807) is 24.2 Å². The number of likely N-dealkylation sites (tertiary alicyclic amines) is 1. The molecule has 0 atom stereocenters. The van der Waals surface area contributed by atoms with E-state index in [-0.39, 0.29) is 11.8 Å². The summed E-state index contributed by atoms with van der Waals surface area (Å²) in [5.74, 6) is -0.139. The van der Waals surface area contributed by atoms with Gasteiger partial charge in [0.05, 0.1) is 17.8 Å². The molecule has 2 aromatic rings. The summed E-state index contributed by atoms with van der Waals surface area (Å²) in [5.41, 5.74) is 2.02. The second-order valence-electron chi connectivity index (χ2n) is 6.89. The summed E-state index contributed by atoms with van der Waals surface area (Å²) in [7, 11) is 1.75. The van der Waals surface area contributed by atoms with Gasteiger partial charge in [-0.15, -0.1) is 0 Å². The SMILES string of the molecule is CN1C(=O)c2cc(NC(=O)CN3CCCCC3)ccc2Sc2ncccc21. The average molecular weight is 382 g/mol. The number of hydrogen-bond donors (Lipinski definition) is 1. The van der Waals surface area contributed by atoms with Gasteiger partial charge in [0.15, 0.2) is 0 Å². The highest BCUT2D eigenvalue weighted by Crippen LogP contribution is 2.40. The van der Waals surface area contributed by atoms with Crippen molar-refractivity contribution in [2.45, 2.75) is 29.2 Å². The van der Waals surface area contributed by atoms with Gasteiger partial charge in [0.2, 0.25) is 5.91 Å². The molecule has 140 valence electrons. The highest BCUT2D eigenvalue weighted by molar-refractivity contribution is 7.99. The van der Waals surface area contributed by atoms with Gasteiger partial charge in [-0.25, -0.2) is 4.98 Å². The van der Waals surface area contributed by atoms with Crippen LogP contribution in [0.5, 0.6) is 0 Å². The van der Waals surface area contributed by atoms with Crippen LogP contribution in [0.25, 0.3) is 0 Å². The maximum atomic E-state index is 12.9. The average Bonchev–Trinajstić information content (AvgIpc) is 2.78. The van der Waals surface area contributed by atoms with E-state index in [2.05, 4.69) is 15.2 Å². The van der Waals surface area contributed by atoms with Crippen LogP contribution in [0.1, 0.15) is 29.6 Å². The van der Waals surface area contributed by atoms with Gasteiger partial charge in [-0.05, 0) is 56.3 Å². The largest absolute Gasteiger partial charge is 0.325 e. The number of carbonyl (C=O) groups is 2. The summed E-state index contributed by atoms with van der Waals surface area (Å²) in [6, 6.07) is 9.21. The van der Waals surface area contributed by atoms with Crippen molar-refractivity contribution in [1.82, 2.24) is 9.88 Å². The number of hydrogen-bond acceptors (Lipinski definition) is 5. The Morgan fingerprint density at radius 1 is 1.22 bits per heavy atom. The fourth-order valence-electron chi connectivity index (χ4n) is 3.50. The second kappa shape index (κ2) is 7.70. The Bertz CT molecular complexity index is 880. The number of fused-ring (bicyclic) bond motifs is 2. The van der Waals surface area contributed by atoms with Crippen LogP contribution in [0.4, 0.5) is 11.4 Å². The third-order valence-electron chi connectivity index (χ3n) is 4.93. The predicted molar refractivity (Wildman–Crippen MR) is 106 cm³/mol. The molecule has 2 amide bonds. The lowest BCUT2D eigenvalue weighted by atomic mass is 10.1. The summed E-state index contributed by atoms with van der Waals surface area (Å²) in [5, 5.41) is 3.74. The summed E-state index contributed by atoms with van der Waals surface area (Å²) in [6.07, 6.45) is 5.27. The van der Waals surface area contributed by atoms with Gasteiger partial charge in [0.1, 0.15) is 5.03 Å². The molecule has 1 aromatic carbocycles. The summed E-state index contributed by atoms with van der Waals surface area (Å²) in [4.78, 5) is 34.3.